The molecule has 0 aliphatic heterocycles. The van der Waals surface area contributed by atoms with Gasteiger partial charge in [0.25, 0.3) is 5.91 Å². The largest absolute Gasteiger partial charge is 0.384 e. The zero-order valence-electron chi connectivity index (χ0n) is 11.7. The first-order valence-corrected chi connectivity index (χ1v) is 6.47. The summed E-state index contributed by atoms with van der Waals surface area (Å²) in [6, 6.07) is 3.42. The van der Waals surface area contributed by atoms with Crippen molar-refractivity contribution >= 4 is 11.7 Å². The number of nitrogens with two attached hydrogens (primary N) is 1. The number of amides is 1. The Balaban J connectivity index is 2.87. The Morgan fingerprint density at radius 3 is 2.61 bits per heavy atom. The van der Waals surface area contributed by atoms with Crippen molar-refractivity contribution < 1.29 is 4.79 Å². The average molecular weight is 249 g/mol. The molecule has 1 rings (SSSR count). The van der Waals surface area contributed by atoms with E-state index >= 15 is 0 Å². The van der Waals surface area contributed by atoms with Crippen LogP contribution in [0.5, 0.6) is 0 Å². The molecule has 0 aliphatic carbocycles. The molecular weight excluding hydrogens is 226 g/mol. The fourth-order valence-corrected chi connectivity index (χ4v) is 1.99. The number of aromatic nitrogens is 1. The van der Waals surface area contributed by atoms with E-state index in [0.29, 0.717) is 11.4 Å². The fraction of sp³-hybridized carbons (Fsp3) is 0.571. The molecule has 3 N–H and O–H groups in total. The Hall–Kier alpha value is -1.58. The summed E-state index contributed by atoms with van der Waals surface area (Å²) in [6.07, 6.45) is 2.75. The molecule has 1 amide bonds. The topological polar surface area (TPSA) is 68.0 Å². The van der Waals surface area contributed by atoms with Crippen LogP contribution in [-0.4, -0.2) is 16.4 Å². The van der Waals surface area contributed by atoms with Crippen LogP contribution in [0.1, 0.15) is 56.6 Å². The van der Waals surface area contributed by atoms with Gasteiger partial charge in [0, 0.05) is 16.8 Å². The lowest BCUT2D eigenvalue weighted by atomic mass is 9.98. The van der Waals surface area contributed by atoms with Crippen LogP contribution in [0.3, 0.4) is 0 Å². The van der Waals surface area contributed by atoms with Crippen LogP contribution in [0.4, 0.5) is 5.82 Å². The maximum absolute atomic E-state index is 12.2. The second-order valence-corrected chi connectivity index (χ2v) is 5.21. The minimum absolute atomic E-state index is 0.0859. The molecule has 100 valence electrons. The summed E-state index contributed by atoms with van der Waals surface area (Å²) in [5, 5.41) is 3.03. The van der Waals surface area contributed by atoms with Gasteiger partial charge in [-0.25, -0.2) is 4.98 Å². The molecule has 0 saturated heterocycles. The zero-order chi connectivity index (χ0) is 13.8. The summed E-state index contributed by atoms with van der Waals surface area (Å²) in [7, 11) is 0. The number of nitrogen functional groups attached to an aromatic ring is 1. The molecular formula is C14H23N3O. The molecule has 0 saturated carbocycles. The number of aryl methyl sites for hydroxylation is 1. The molecule has 4 heteroatoms. The van der Waals surface area contributed by atoms with E-state index in [9.17, 15) is 4.79 Å². The Morgan fingerprint density at radius 2 is 2.06 bits per heavy atom. The lowest BCUT2D eigenvalue weighted by molar-refractivity contribution is 0.0909. The van der Waals surface area contributed by atoms with E-state index in [-0.39, 0.29) is 11.4 Å². The Labute approximate surface area is 109 Å². The summed E-state index contributed by atoms with van der Waals surface area (Å²) in [5.74, 6) is 0.310. The Bertz CT molecular complexity index is 427. The molecule has 0 spiro atoms. The van der Waals surface area contributed by atoms with Crippen LogP contribution in [0.25, 0.3) is 0 Å². The second-order valence-electron chi connectivity index (χ2n) is 5.21. The van der Waals surface area contributed by atoms with E-state index in [4.69, 9.17) is 5.73 Å². The van der Waals surface area contributed by atoms with Crippen molar-refractivity contribution in [1.82, 2.24) is 10.3 Å². The number of nitrogens with zero attached hydrogens (tertiary/aromatic N) is 1. The first-order chi connectivity index (χ1) is 8.38. The third kappa shape index (κ3) is 4.02. The number of pyridine rings is 1. The highest BCUT2D eigenvalue weighted by Gasteiger charge is 2.20. The van der Waals surface area contributed by atoms with Crippen LogP contribution in [0.15, 0.2) is 12.1 Å². The van der Waals surface area contributed by atoms with Crippen LogP contribution in [0, 0.1) is 0 Å². The Kier molecular flexibility index (Phi) is 4.70. The normalized spacial score (nSPS) is 11.3. The number of anilines is 1. The first kappa shape index (κ1) is 14.5. The molecule has 1 aromatic heterocycles. The molecule has 0 atom stereocenters. The Morgan fingerprint density at radius 1 is 1.39 bits per heavy atom. The van der Waals surface area contributed by atoms with Gasteiger partial charge in [-0.15, -0.1) is 0 Å². The first-order valence-electron chi connectivity index (χ1n) is 6.47. The van der Waals surface area contributed by atoms with E-state index in [1.807, 2.05) is 20.8 Å². The zero-order valence-corrected chi connectivity index (χ0v) is 11.7. The van der Waals surface area contributed by atoms with Gasteiger partial charge in [0.2, 0.25) is 0 Å². The minimum atomic E-state index is -0.198. The number of hydrogen-bond donors (Lipinski definition) is 2. The van der Waals surface area contributed by atoms with Gasteiger partial charge in [0.15, 0.2) is 0 Å². The van der Waals surface area contributed by atoms with Gasteiger partial charge in [-0.05, 0) is 38.8 Å². The third-order valence-electron chi connectivity index (χ3n) is 2.85. The number of rotatable bonds is 5. The fourth-order valence-electron chi connectivity index (χ4n) is 1.99. The highest BCUT2D eigenvalue weighted by Crippen LogP contribution is 2.14. The maximum Gasteiger partial charge on any atom is 0.251 e. The van der Waals surface area contributed by atoms with E-state index in [1.54, 1.807) is 12.1 Å². The van der Waals surface area contributed by atoms with Crippen molar-refractivity contribution in [2.45, 2.75) is 52.5 Å². The van der Waals surface area contributed by atoms with Gasteiger partial charge in [0.1, 0.15) is 5.82 Å². The molecule has 0 fully saturated rings. The predicted octanol–water partition coefficient (Wildman–Crippen LogP) is 2.53. The van der Waals surface area contributed by atoms with Gasteiger partial charge < -0.3 is 11.1 Å². The molecule has 1 heterocycles. The number of carbonyl (C=O) groups excluding carboxylic acids is 1. The SMILES string of the molecule is CCCC(C)(C)NC(=O)c1cc(N)nc(CC)c1. The quantitative estimate of drug-likeness (QED) is 0.842. The van der Waals surface area contributed by atoms with Gasteiger partial charge in [-0.1, -0.05) is 20.3 Å². The van der Waals surface area contributed by atoms with Crippen LogP contribution in [0.2, 0.25) is 0 Å². The summed E-state index contributed by atoms with van der Waals surface area (Å²) < 4.78 is 0. The summed E-state index contributed by atoms with van der Waals surface area (Å²) in [6.45, 7) is 8.15. The van der Waals surface area contributed by atoms with Crippen molar-refractivity contribution in [1.29, 1.82) is 0 Å². The van der Waals surface area contributed by atoms with Crippen molar-refractivity contribution in [2.24, 2.45) is 0 Å². The molecule has 4 nitrogen and oxygen atoms in total. The number of carbonyl (C=O) groups is 1. The summed E-state index contributed by atoms with van der Waals surface area (Å²) >= 11 is 0. The smallest absolute Gasteiger partial charge is 0.251 e. The highest BCUT2D eigenvalue weighted by molar-refractivity contribution is 5.95. The monoisotopic (exact) mass is 249 g/mol. The molecule has 1 aromatic rings. The minimum Gasteiger partial charge on any atom is -0.384 e. The molecule has 18 heavy (non-hydrogen) atoms. The van der Waals surface area contributed by atoms with E-state index in [2.05, 4.69) is 17.2 Å². The maximum atomic E-state index is 12.2. The van der Waals surface area contributed by atoms with E-state index < -0.39 is 0 Å². The van der Waals surface area contributed by atoms with E-state index in [0.717, 1.165) is 25.0 Å². The van der Waals surface area contributed by atoms with Crippen molar-refractivity contribution in [2.75, 3.05) is 5.73 Å². The highest BCUT2D eigenvalue weighted by atomic mass is 16.1. The molecule has 0 bridgehead atoms. The lowest BCUT2D eigenvalue weighted by Crippen LogP contribution is -2.43. The third-order valence-corrected chi connectivity index (χ3v) is 2.85. The standard InChI is InChI=1S/C14H23N3O/c1-5-7-14(3,4)17-13(18)10-8-11(6-2)16-12(15)9-10/h8-9H,5-7H2,1-4H3,(H2,15,16)(H,17,18). The van der Waals surface area contributed by atoms with Crippen molar-refractivity contribution in [3.8, 4) is 0 Å². The molecule has 0 radical (unpaired) electrons. The number of hydrogen-bond acceptors (Lipinski definition) is 3. The van der Waals surface area contributed by atoms with Gasteiger partial charge >= 0.3 is 0 Å². The molecule has 0 aromatic carbocycles. The predicted molar refractivity (Wildman–Crippen MR) is 74.5 cm³/mol. The van der Waals surface area contributed by atoms with Crippen LogP contribution >= 0.6 is 0 Å². The van der Waals surface area contributed by atoms with Crippen LogP contribution in [-0.2, 0) is 6.42 Å². The van der Waals surface area contributed by atoms with Gasteiger partial charge in [0.05, 0.1) is 0 Å². The molecule has 0 unspecified atom stereocenters. The van der Waals surface area contributed by atoms with Crippen molar-refractivity contribution in [3.05, 3.63) is 23.4 Å². The van der Waals surface area contributed by atoms with Crippen molar-refractivity contribution in [3.63, 3.8) is 0 Å². The lowest BCUT2D eigenvalue weighted by Gasteiger charge is -2.25. The van der Waals surface area contributed by atoms with Crippen LogP contribution < -0.4 is 11.1 Å². The van der Waals surface area contributed by atoms with Gasteiger partial charge in [-0.3, -0.25) is 4.79 Å². The summed E-state index contributed by atoms with van der Waals surface area (Å²) in [4.78, 5) is 16.3. The summed E-state index contributed by atoms with van der Waals surface area (Å²) in [5.41, 5.74) is 6.93. The van der Waals surface area contributed by atoms with E-state index in [1.165, 1.54) is 0 Å². The molecule has 0 aliphatic rings. The second kappa shape index (κ2) is 5.85. The van der Waals surface area contributed by atoms with Gasteiger partial charge in [-0.2, -0.15) is 0 Å². The number of nitrogens with one attached hydrogen (secondary N) is 1. The average Bonchev–Trinajstić information content (AvgIpc) is 2.27.